The van der Waals surface area contributed by atoms with Crippen molar-refractivity contribution in [1.82, 2.24) is 14.9 Å². The zero-order valence-electron chi connectivity index (χ0n) is 14.8. The number of amides is 3. The molecule has 2 heterocycles. The molecule has 1 aliphatic heterocycles. The first-order chi connectivity index (χ1) is 12.4. The quantitative estimate of drug-likeness (QED) is 0.876. The van der Waals surface area contributed by atoms with E-state index in [9.17, 15) is 9.59 Å². The summed E-state index contributed by atoms with van der Waals surface area (Å²) in [5, 5.41) is 2.83. The second kappa shape index (κ2) is 7.38. The van der Waals surface area contributed by atoms with Gasteiger partial charge >= 0.3 is 6.03 Å². The highest BCUT2D eigenvalue weighted by Crippen LogP contribution is 2.27. The number of hydrogen-bond acceptors (Lipinski definition) is 5. The van der Waals surface area contributed by atoms with E-state index in [1.165, 1.54) is 4.90 Å². The third kappa shape index (κ3) is 3.90. The molecule has 0 spiro atoms. The molecule has 1 aromatic carbocycles. The number of rotatable bonds is 4. The van der Waals surface area contributed by atoms with Crippen molar-refractivity contribution < 1.29 is 9.59 Å². The highest BCUT2D eigenvalue weighted by atomic mass is 16.2. The summed E-state index contributed by atoms with van der Waals surface area (Å²) >= 11 is 0. The summed E-state index contributed by atoms with van der Waals surface area (Å²) < 4.78 is 0. The monoisotopic (exact) mass is 354 g/mol. The summed E-state index contributed by atoms with van der Waals surface area (Å²) in [4.78, 5) is 35.4. The van der Waals surface area contributed by atoms with Gasteiger partial charge in [0.2, 0.25) is 11.9 Å². The molecule has 1 aliphatic rings. The third-order valence-electron chi connectivity index (χ3n) is 4.37. The highest BCUT2D eigenvalue weighted by molar-refractivity contribution is 5.96. The van der Waals surface area contributed by atoms with Crippen LogP contribution in [0, 0.1) is 0 Å². The van der Waals surface area contributed by atoms with Gasteiger partial charge in [-0.1, -0.05) is 0 Å². The zero-order chi connectivity index (χ0) is 18.7. The Morgan fingerprint density at radius 1 is 1.31 bits per heavy atom. The van der Waals surface area contributed by atoms with Gasteiger partial charge in [0.1, 0.15) is 0 Å². The molecule has 2 aromatic rings. The first-order valence-electron chi connectivity index (χ1n) is 8.44. The van der Waals surface area contributed by atoms with Crippen LogP contribution in [-0.4, -0.2) is 39.9 Å². The summed E-state index contributed by atoms with van der Waals surface area (Å²) in [6, 6.07) is 7.25. The Kier molecular flexibility index (Phi) is 5.01. The largest absolute Gasteiger partial charge is 0.368 e. The fourth-order valence-corrected chi connectivity index (χ4v) is 2.94. The summed E-state index contributed by atoms with van der Waals surface area (Å²) in [7, 11) is 1.69. The van der Waals surface area contributed by atoms with Crippen molar-refractivity contribution in [1.29, 1.82) is 0 Å². The number of carbonyl (C=O) groups excluding carboxylic acids is 2. The number of nitrogens with one attached hydrogen (secondary N) is 1. The summed E-state index contributed by atoms with van der Waals surface area (Å²) in [6.45, 7) is 2.40. The zero-order valence-corrected chi connectivity index (χ0v) is 14.8. The molecule has 3 amide bonds. The molecule has 8 nitrogen and oxygen atoms in total. The Morgan fingerprint density at radius 3 is 2.54 bits per heavy atom. The molecule has 1 saturated heterocycles. The van der Waals surface area contributed by atoms with E-state index in [-0.39, 0.29) is 23.9 Å². The smallest absolute Gasteiger partial charge is 0.321 e. The maximum atomic E-state index is 12.3. The predicted octanol–water partition coefficient (Wildman–Crippen LogP) is 2.24. The Balaban J connectivity index is 1.60. The highest BCUT2D eigenvalue weighted by Gasteiger charge is 2.28. The van der Waals surface area contributed by atoms with E-state index in [2.05, 4.69) is 15.3 Å². The Bertz CT molecular complexity index is 790. The maximum Gasteiger partial charge on any atom is 0.321 e. The van der Waals surface area contributed by atoms with E-state index < -0.39 is 0 Å². The van der Waals surface area contributed by atoms with Crippen molar-refractivity contribution >= 4 is 29.3 Å². The number of anilines is 3. The van der Waals surface area contributed by atoms with E-state index in [4.69, 9.17) is 5.73 Å². The second-order valence-electron chi connectivity index (χ2n) is 6.43. The first-order valence-corrected chi connectivity index (χ1v) is 8.44. The van der Waals surface area contributed by atoms with E-state index in [1.807, 2.05) is 19.1 Å². The van der Waals surface area contributed by atoms with Gasteiger partial charge in [-0.3, -0.25) is 4.79 Å². The fourth-order valence-electron chi connectivity index (χ4n) is 2.94. The number of aromatic nitrogens is 2. The maximum absolute atomic E-state index is 12.3. The van der Waals surface area contributed by atoms with Crippen LogP contribution in [0.25, 0.3) is 0 Å². The average Bonchev–Trinajstić information content (AvgIpc) is 2.96. The van der Waals surface area contributed by atoms with Gasteiger partial charge < -0.3 is 20.9 Å². The lowest BCUT2D eigenvalue weighted by atomic mass is 10.2. The lowest BCUT2D eigenvalue weighted by molar-refractivity contribution is -0.117. The molecular formula is C18H22N6O2. The van der Waals surface area contributed by atoms with Gasteiger partial charge in [-0.2, -0.15) is 0 Å². The van der Waals surface area contributed by atoms with Gasteiger partial charge in [0, 0.05) is 48.8 Å². The normalized spacial score (nSPS) is 16.6. The van der Waals surface area contributed by atoms with Gasteiger partial charge in [0.05, 0.1) is 6.54 Å². The number of nitrogens with two attached hydrogens (primary N) is 1. The van der Waals surface area contributed by atoms with Crippen LogP contribution in [0.5, 0.6) is 0 Å². The van der Waals surface area contributed by atoms with Gasteiger partial charge in [-0.25, -0.2) is 14.8 Å². The van der Waals surface area contributed by atoms with Crippen LogP contribution in [0.2, 0.25) is 0 Å². The van der Waals surface area contributed by atoms with Crippen LogP contribution in [0.4, 0.5) is 22.1 Å². The van der Waals surface area contributed by atoms with Crippen LogP contribution < -0.4 is 16.0 Å². The number of carbonyl (C=O) groups is 2. The van der Waals surface area contributed by atoms with Crippen LogP contribution in [0.3, 0.4) is 0 Å². The van der Waals surface area contributed by atoms with Gasteiger partial charge in [0.25, 0.3) is 0 Å². The van der Waals surface area contributed by atoms with E-state index in [1.54, 1.807) is 36.5 Å². The van der Waals surface area contributed by atoms with Gasteiger partial charge in [-0.05, 0) is 37.6 Å². The van der Waals surface area contributed by atoms with Crippen LogP contribution >= 0.6 is 0 Å². The molecule has 1 aromatic heterocycles. The minimum absolute atomic E-state index is 0.139. The number of nitrogen functional groups attached to an aromatic ring is 1. The van der Waals surface area contributed by atoms with E-state index >= 15 is 0 Å². The fraction of sp³-hybridized carbons (Fsp3) is 0.333. The molecule has 3 rings (SSSR count). The lowest BCUT2D eigenvalue weighted by Crippen LogP contribution is -2.31. The standard InChI is InChI=1S/C18H22N6O2/c1-12-3-8-16(25)24(12)15-6-4-14(5-7-15)22-18(26)23(2)11-13-9-20-17(19)21-10-13/h4-7,9-10,12H,3,8,11H2,1-2H3,(H,22,26)(H2,19,20,21). The van der Waals surface area contributed by atoms with Crippen LogP contribution in [-0.2, 0) is 11.3 Å². The number of hydrogen-bond donors (Lipinski definition) is 2. The van der Waals surface area contributed by atoms with Crippen molar-refractivity contribution in [2.24, 2.45) is 0 Å². The second-order valence-corrected chi connectivity index (χ2v) is 6.43. The van der Waals surface area contributed by atoms with Crippen molar-refractivity contribution in [2.45, 2.75) is 32.4 Å². The molecular weight excluding hydrogens is 332 g/mol. The summed E-state index contributed by atoms with van der Waals surface area (Å²) in [5.41, 5.74) is 7.76. The molecule has 0 saturated carbocycles. The third-order valence-corrected chi connectivity index (χ3v) is 4.37. The topological polar surface area (TPSA) is 104 Å². The molecule has 0 radical (unpaired) electrons. The molecule has 26 heavy (non-hydrogen) atoms. The van der Waals surface area contributed by atoms with Crippen molar-refractivity contribution in [2.75, 3.05) is 23.0 Å². The van der Waals surface area contributed by atoms with Crippen molar-refractivity contribution in [3.05, 3.63) is 42.2 Å². The van der Waals surface area contributed by atoms with E-state index in [0.29, 0.717) is 18.7 Å². The Labute approximate surface area is 152 Å². The number of benzene rings is 1. The molecule has 1 unspecified atom stereocenters. The number of urea groups is 1. The predicted molar refractivity (Wildman–Crippen MR) is 99.6 cm³/mol. The minimum Gasteiger partial charge on any atom is -0.368 e. The average molecular weight is 354 g/mol. The summed E-state index contributed by atoms with van der Waals surface area (Å²) in [5.74, 6) is 0.339. The van der Waals surface area contributed by atoms with Crippen LogP contribution in [0.1, 0.15) is 25.3 Å². The van der Waals surface area contributed by atoms with Crippen molar-refractivity contribution in [3.8, 4) is 0 Å². The van der Waals surface area contributed by atoms with E-state index in [0.717, 1.165) is 17.7 Å². The SMILES string of the molecule is CC1CCC(=O)N1c1ccc(NC(=O)N(C)Cc2cnc(N)nc2)cc1. The lowest BCUT2D eigenvalue weighted by Gasteiger charge is -2.22. The van der Waals surface area contributed by atoms with Crippen molar-refractivity contribution in [3.63, 3.8) is 0 Å². The Morgan fingerprint density at radius 2 is 1.96 bits per heavy atom. The molecule has 3 N–H and O–H groups in total. The van der Waals surface area contributed by atoms with Crippen LogP contribution in [0.15, 0.2) is 36.7 Å². The minimum atomic E-state index is -0.250. The summed E-state index contributed by atoms with van der Waals surface area (Å²) in [6.07, 6.45) is 4.64. The Hall–Kier alpha value is -3.16. The van der Waals surface area contributed by atoms with Gasteiger partial charge in [-0.15, -0.1) is 0 Å². The molecule has 136 valence electrons. The number of nitrogens with zero attached hydrogens (tertiary/aromatic N) is 4. The first kappa shape index (κ1) is 17.7. The molecule has 8 heteroatoms. The molecule has 1 fully saturated rings. The molecule has 0 bridgehead atoms. The molecule has 1 atom stereocenters. The molecule has 0 aliphatic carbocycles. The van der Waals surface area contributed by atoms with Gasteiger partial charge in [0.15, 0.2) is 0 Å².